The van der Waals surface area contributed by atoms with E-state index in [4.69, 9.17) is 15.2 Å². The van der Waals surface area contributed by atoms with E-state index in [0.29, 0.717) is 11.4 Å². The zero-order valence-electron chi connectivity index (χ0n) is 11.0. The highest BCUT2D eigenvalue weighted by Crippen LogP contribution is 2.35. The first-order valence-electron chi connectivity index (χ1n) is 6.50. The number of nitrogens with two attached hydrogens (primary N) is 1. The summed E-state index contributed by atoms with van der Waals surface area (Å²) in [6.07, 6.45) is 2.42. The maximum atomic E-state index is 5.92. The Bertz CT molecular complexity index is 397. The molecule has 18 heavy (non-hydrogen) atoms. The van der Waals surface area contributed by atoms with Gasteiger partial charge in [-0.05, 0) is 31.9 Å². The summed E-state index contributed by atoms with van der Waals surface area (Å²) in [6.45, 7) is 5.82. The Morgan fingerprint density at radius 1 is 1.44 bits per heavy atom. The van der Waals surface area contributed by atoms with Gasteiger partial charge in [0.05, 0.1) is 12.7 Å². The molecule has 100 valence electrons. The molecule has 1 saturated heterocycles. The Labute approximate surface area is 113 Å². The van der Waals surface area contributed by atoms with Gasteiger partial charge in [0.2, 0.25) is 0 Å². The van der Waals surface area contributed by atoms with Crippen LogP contribution in [0, 0.1) is 0 Å². The first kappa shape index (κ1) is 13.6. The molecule has 2 rings (SSSR count). The van der Waals surface area contributed by atoms with Crippen LogP contribution in [0.5, 0.6) is 5.75 Å². The molecule has 3 nitrogen and oxygen atoms in total. The minimum atomic E-state index is 0.316. The van der Waals surface area contributed by atoms with E-state index in [2.05, 4.69) is 19.9 Å². The van der Waals surface area contributed by atoms with E-state index in [1.807, 2.05) is 23.9 Å². The van der Waals surface area contributed by atoms with Crippen LogP contribution >= 0.6 is 11.8 Å². The van der Waals surface area contributed by atoms with Gasteiger partial charge in [-0.25, -0.2) is 0 Å². The third-order valence-electron chi connectivity index (χ3n) is 2.97. The van der Waals surface area contributed by atoms with E-state index in [1.54, 1.807) is 0 Å². The van der Waals surface area contributed by atoms with E-state index in [9.17, 15) is 0 Å². The van der Waals surface area contributed by atoms with Gasteiger partial charge in [-0.3, -0.25) is 0 Å². The highest BCUT2D eigenvalue weighted by Gasteiger charge is 2.25. The van der Waals surface area contributed by atoms with Crippen molar-refractivity contribution in [3.8, 4) is 5.75 Å². The molecule has 1 heterocycles. The van der Waals surface area contributed by atoms with Crippen molar-refractivity contribution in [2.45, 2.75) is 42.9 Å². The SMILES string of the molecule is CCCOc1cc(N)cc(SC2CCOC2C)c1. The van der Waals surface area contributed by atoms with E-state index in [0.717, 1.165) is 37.5 Å². The lowest BCUT2D eigenvalue weighted by Gasteiger charge is -2.15. The van der Waals surface area contributed by atoms with Crippen molar-refractivity contribution in [3.63, 3.8) is 0 Å². The van der Waals surface area contributed by atoms with E-state index >= 15 is 0 Å². The molecule has 0 aliphatic carbocycles. The number of nitrogen functional groups attached to an aromatic ring is 1. The summed E-state index contributed by atoms with van der Waals surface area (Å²) in [5.74, 6) is 0.867. The Morgan fingerprint density at radius 2 is 2.28 bits per heavy atom. The van der Waals surface area contributed by atoms with Gasteiger partial charge in [0.1, 0.15) is 5.75 Å². The van der Waals surface area contributed by atoms with Crippen molar-refractivity contribution >= 4 is 17.4 Å². The third kappa shape index (κ3) is 3.56. The fourth-order valence-electron chi connectivity index (χ4n) is 2.01. The van der Waals surface area contributed by atoms with E-state index in [-0.39, 0.29) is 0 Å². The number of hydrogen-bond donors (Lipinski definition) is 1. The van der Waals surface area contributed by atoms with Crippen LogP contribution < -0.4 is 10.5 Å². The van der Waals surface area contributed by atoms with Crippen molar-refractivity contribution in [3.05, 3.63) is 18.2 Å². The molecule has 4 heteroatoms. The fourth-order valence-corrected chi connectivity index (χ4v) is 3.23. The summed E-state index contributed by atoms with van der Waals surface area (Å²) in [7, 11) is 0. The Kier molecular flexibility index (Phi) is 4.78. The van der Waals surface area contributed by atoms with Gasteiger partial charge in [0.15, 0.2) is 0 Å². The van der Waals surface area contributed by atoms with Crippen molar-refractivity contribution in [2.24, 2.45) is 0 Å². The normalized spacial score (nSPS) is 23.2. The molecule has 0 amide bonds. The molecule has 0 aromatic heterocycles. The van der Waals surface area contributed by atoms with E-state index < -0.39 is 0 Å². The van der Waals surface area contributed by atoms with Crippen LogP contribution in [-0.4, -0.2) is 24.6 Å². The topological polar surface area (TPSA) is 44.5 Å². The quantitative estimate of drug-likeness (QED) is 0.831. The Balaban J connectivity index is 2.05. The van der Waals surface area contributed by atoms with Gasteiger partial charge in [-0.15, -0.1) is 11.8 Å². The second-order valence-corrected chi connectivity index (χ2v) is 5.92. The van der Waals surface area contributed by atoms with Crippen molar-refractivity contribution in [1.82, 2.24) is 0 Å². The fraction of sp³-hybridized carbons (Fsp3) is 0.571. The van der Waals surface area contributed by atoms with Crippen molar-refractivity contribution in [2.75, 3.05) is 18.9 Å². The minimum Gasteiger partial charge on any atom is -0.493 e. The average molecular weight is 267 g/mol. The molecule has 2 atom stereocenters. The number of rotatable bonds is 5. The molecule has 1 aliphatic heterocycles. The summed E-state index contributed by atoms with van der Waals surface area (Å²) >= 11 is 1.84. The number of thioether (sulfide) groups is 1. The smallest absolute Gasteiger partial charge is 0.122 e. The number of ether oxygens (including phenoxy) is 2. The summed E-state index contributed by atoms with van der Waals surface area (Å²) in [5, 5.41) is 0.519. The second kappa shape index (κ2) is 6.34. The largest absolute Gasteiger partial charge is 0.493 e. The van der Waals surface area contributed by atoms with Gasteiger partial charge >= 0.3 is 0 Å². The molecule has 2 unspecified atom stereocenters. The lowest BCUT2D eigenvalue weighted by Crippen LogP contribution is -2.13. The van der Waals surface area contributed by atoms with Crippen LogP contribution in [0.15, 0.2) is 23.1 Å². The molecule has 1 aromatic carbocycles. The van der Waals surface area contributed by atoms with Crippen LogP contribution in [0.1, 0.15) is 26.7 Å². The summed E-state index contributed by atoms with van der Waals surface area (Å²) in [6, 6.07) is 5.96. The molecule has 0 radical (unpaired) electrons. The van der Waals surface area contributed by atoms with E-state index in [1.165, 1.54) is 4.90 Å². The summed E-state index contributed by atoms with van der Waals surface area (Å²) in [4.78, 5) is 1.17. The lowest BCUT2D eigenvalue weighted by molar-refractivity contribution is 0.127. The van der Waals surface area contributed by atoms with Crippen LogP contribution in [0.4, 0.5) is 5.69 Å². The molecule has 1 fully saturated rings. The first-order chi connectivity index (χ1) is 8.69. The molecule has 2 N–H and O–H groups in total. The van der Waals surface area contributed by atoms with Crippen LogP contribution in [0.3, 0.4) is 0 Å². The van der Waals surface area contributed by atoms with Crippen molar-refractivity contribution in [1.29, 1.82) is 0 Å². The Hall–Kier alpha value is -0.870. The van der Waals surface area contributed by atoms with Gasteiger partial charge in [-0.1, -0.05) is 6.92 Å². The van der Waals surface area contributed by atoms with Crippen LogP contribution in [0.2, 0.25) is 0 Å². The number of hydrogen-bond acceptors (Lipinski definition) is 4. The first-order valence-corrected chi connectivity index (χ1v) is 7.38. The van der Waals surface area contributed by atoms with Crippen LogP contribution in [-0.2, 0) is 4.74 Å². The molecule has 1 aromatic rings. The van der Waals surface area contributed by atoms with Gasteiger partial charge in [0, 0.05) is 28.5 Å². The van der Waals surface area contributed by atoms with Gasteiger partial charge in [0.25, 0.3) is 0 Å². The van der Waals surface area contributed by atoms with Gasteiger partial charge in [-0.2, -0.15) is 0 Å². The zero-order valence-corrected chi connectivity index (χ0v) is 11.8. The Morgan fingerprint density at radius 3 is 2.94 bits per heavy atom. The maximum absolute atomic E-state index is 5.92. The highest BCUT2D eigenvalue weighted by molar-refractivity contribution is 8.00. The van der Waals surface area contributed by atoms with Gasteiger partial charge < -0.3 is 15.2 Å². The molecule has 0 bridgehead atoms. The summed E-state index contributed by atoms with van der Waals surface area (Å²) in [5.41, 5.74) is 6.68. The average Bonchev–Trinajstić information content (AvgIpc) is 2.72. The number of anilines is 1. The zero-order chi connectivity index (χ0) is 13.0. The third-order valence-corrected chi connectivity index (χ3v) is 4.40. The lowest BCUT2D eigenvalue weighted by atomic mass is 10.2. The molecular weight excluding hydrogens is 246 g/mol. The summed E-state index contributed by atoms with van der Waals surface area (Å²) < 4.78 is 11.2. The molecule has 1 aliphatic rings. The molecule has 0 saturated carbocycles. The maximum Gasteiger partial charge on any atom is 0.122 e. The number of benzene rings is 1. The van der Waals surface area contributed by atoms with Crippen molar-refractivity contribution < 1.29 is 9.47 Å². The molecular formula is C14H21NO2S. The van der Waals surface area contributed by atoms with Crippen LogP contribution in [0.25, 0.3) is 0 Å². The molecule has 0 spiro atoms. The monoisotopic (exact) mass is 267 g/mol. The standard InChI is InChI=1S/C14H21NO2S/c1-3-5-17-12-7-11(15)8-13(9-12)18-14-4-6-16-10(14)2/h7-10,14H,3-6,15H2,1-2H3. The second-order valence-electron chi connectivity index (χ2n) is 4.61. The highest BCUT2D eigenvalue weighted by atomic mass is 32.2. The minimum absolute atomic E-state index is 0.316. The predicted octanol–water partition coefficient (Wildman–Crippen LogP) is 3.33. The predicted molar refractivity (Wildman–Crippen MR) is 76.3 cm³/mol.